The van der Waals surface area contributed by atoms with Crippen LogP contribution >= 0.6 is 0 Å². The summed E-state index contributed by atoms with van der Waals surface area (Å²) < 4.78 is 5.44. The Morgan fingerprint density at radius 3 is 2.04 bits per heavy atom. The summed E-state index contributed by atoms with van der Waals surface area (Å²) in [6.45, 7) is 2.34. The predicted octanol–water partition coefficient (Wildman–Crippen LogP) is 4.58. The van der Waals surface area contributed by atoms with Gasteiger partial charge in [0, 0.05) is 0 Å². The van der Waals surface area contributed by atoms with Crippen molar-refractivity contribution in [1.82, 2.24) is 4.90 Å². The minimum atomic E-state index is -0.713. The lowest BCUT2D eigenvalue weighted by molar-refractivity contribution is -0.201. The van der Waals surface area contributed by atoms with Gasteiger partial charge in [-0.1, -0.05) is 12.1 Å². The van der Waals surface area contributed by atoms with Crippen LogP contribution in [0.1, 0.15) is 63.4 Å². The SMILES string of the molecule is COc1ccc(C(O)(C2C3CC4CC(C3)CC2C4)C23CCCN2CCC3)cc1. The molecule has 3 heteroatoms. The molecule has 2 heterocycles. The second kappa shape index (κ2) is 6.22. The van der Waals surface area contributed by atoms with Gasteiger partial charge in [-0.05, 0) is 118 Å². The molecular formula is C25H35NO2. The molecule has 0 radical (unpaired) electrons. The lowest BCUT2D eigenvalue weighted by Crippen LogP contribution is -2.65. The van der Waals surface area contributed by atoms with Crippen LogP contribution in [-0.2, 0) is 5.60 Å². The maximum absolute atomic E-state index is 13.0. The molecule has 0 spiro atoms. The number of fused-ring (bicyclic) bond motifs is 1. The van der Waals surface area contributed by atoms with Gasteiger partial charge in [0.25, 0.3) is 0 Å². The van der Waals surface area contributed by atoms with Crippen LogP contribution in [0, 0.1) is 29.6 Å². The van der Waals surface area contributed by atoms with Gasteiger partial charge >= 0.3 is 0 Å². The standard InChI is InChI=1S/C25H35NO2/c1-28-22-6-4-21(5-7-22)25(27,24-8-2-10-26(24)11-3-9-24)23-19-13-17-12-18(15-19)16-20(23)14-17/h4-7,17-20,23,27H,2-3,8-16H2,1H3. The average molecular weight is 382 g/mol. The molecule has 2 saturated heterocycles. The zero-order valence-corrected chi connectivity index (χ0v) is 17.3. The smallest absolute Gasteiger partial charge is 0.118 e. The summed E-state index contributed by atoms with van der Waals surface area (Å²) in [6.07, 6.45) is 11.8. The van der Waals surface area contributed by atoms with E-state index in [0.29, 0.717) is 5.92 Å². The molecule has 0 amide bonds. The van der Waals surface area contributed by atoms with Gasteiger partial charge in [-0.3, -0.25) is 4.90 Å². The topological polar surface area (TPSA) is 32.7 Å². The summed E-state index contributed by atoms with van der Waals surface area (Å²) in [5.74, 6) is 4.66. The van der Waals surface area contributed by atoms with Gasteiger partial charge in [-0.2, -0.15) is 0 Å². The van der Waals surface area contributed by atoms with E-state index in [9.17, 15) is 5.11 Å². The summed E-state index contributed by atoms with van der Waals surface area (Å²) in [5.41, 5.74) is 0.413. The molecule has 4 aliphatic carbocycles. The van der Waals surface area contributed by atoms with E-state index in [2.05, 4.69) is 29.2 Å². The fourth-order valence-corrected chi connectivity index (χ4v) is 8.95. The summed E-state index contributed by atoms with van der Waals surface area (Å²) in [7, 11) is 1.73. The fraction of sp³-hybridized carbons (Fsp3) is 0.760. The monoisotopic (exact) mass is 381 g/mol. The minimum absolute atomic E-state index is 0.0401. The molecule has 7 rings (SSSR count). The van der Waals surface area contributed by atoms with Crippen LogP contribution in [-0.4, -0.2) is 35.7 Å². The number of hydrogen-bond donors (Lipinski definition) is 1. The third-order valence-corrected chi connectivity index (χ3v) is 9.59. The molecule has 0 aromatic heterocycles. The number of rotatable bonds is 4. The highest BCUT2D eigenvalue weighted by Crippen LogP contribution is 2.65. The molecule has 4 bridgehead atoms. The Labute approximate surface area is 169 Å². The van der Waals surface area contributed by atoms with Crippen molar-refractivity contribution < 1.29 is 9.84 Å². The number of hydrogen-bond acceptors (Lipinski definition) is 3. The second-order valence-corrected chi connectivity index (χ2v) is 10.7. The first-order valence-corrected chi connectivity index (χ1v) is 11.8. The van der Waals surface area contributed by atoms with E-state index in [0.717, 1.165) is 29.4 Å². The minimum Gasteiger partial charge on any atom is -0.497 e. The highest BCUT2D eigenvalue weighted by atomic mass is 16.5. The molecule has 28 heavy (non-hydrogen) atoms. The van der Waals surface area contributed by atoms with Crippen molar-refractivity contribution in [2.45, 2.75) is 68.9 Å². The molecule has 152 valence electrons. The Kier molecular flexibility index (Phi) is 3.95. The molecule has 2 aliphatic heterocycles. The normalized spacial score (nSPS) is 40.4. The van der Waals surface area contributed by atoms with Crippen molar-refractivity contribution in [3.63, 3.8) is 0 Å². The zero-order chi connectivity index (χ0) is 18.9. The van der Waals surface area contributed by atoms with E-state index >= 15 is 0 Å². The van der Waals surface area contributed by atoms with Crippen molar-refractivity contribution >= 4 is 0 Å². The van der Waals surface area contributed by atoms with E-state index in [1.54, 1.807) is 7.11 Å². The maximum atomic E-state index is 13.0. The van der Waals surface area contributed by atoms with Gasteiger partial charge in [-0.25, -0.2) is 0 Å². The highest BCUT2D eigenvalue weighted by Gasteiger charge is 2.66. The Balaban J connectivity index is 1.49. The van der Waals surface area contributed by atoms with Gasteiger partial charge < -0.3 is 9.84 Å². The van der Waals surface area contributed by atoms with Crippen molar-refractivity contribution in [3.8, 4) is 5.75 Å². The Bertz CT molecular complexity index is 705. The quantitative estimate of drug-likeness (QED) is 0.828. The summed E-state index contributed by atoms with van der Waals surface area (Å²) in [6, 6.07) is 8.52. The van der Waals surface area contributed by atoms with Gasteiger partial charge in [0.05, 0.1) is 12.6 Å². The molecule has 4 saturated carbocycles. The van der Waals surface area contributed by atoms with Gasteiger partial charge in [-0.15, -0.1) is 0 Å². The van der Waals surface area contributed by atoms with Crippen LogP contribution in [0.3, 0.4) is 0 Å². The molecule has 1 aromatic rings. The summed E-state index contributed by atoms with van der Waals surface area (Å²) in [4.78, 5) is 2.68. The number of aliphatic hydroxyl groups is 1. The Morgan fingerprint density at radius 1 is 0.929 bits per heavy atom. The molecule has 1 aromatic carbocycles. The first kappa shape index (κ1) is 17.8. The first-order chi connectivity index (χ1) is 13.6. The van der Waals surface area contributed by atoms with Crippen molar-refractivity contribution in [2.24, 2.45) is 29.6 Å². The third-order valence-electron chi connectivity index (χ3n) is 9.59. The highest BCUT2D eigenvalue weighted by molar-refractivity contribution is 5.36. The van der Waals surface area contributed by atoms with E-state index in [4.69, 9.17) is 4.74 Å². The molecule has 1 N–H and O–H groups in total. The van der Waals surface area contributed by atoms with Crippen LogP contribution in [0.15, 0.2) is 24.3 Å². The van der Waals surface area contributed by atoms with Crippen molar-refractivity contribution in [2.75, 3.05) is 20.2 Å². The van der Waals surface area contributed by atoms with E-state index in [1.807, 2.05) is 0 Å². The number of benzene rings is 1. The molecule has 6 fully saturated rings. The van der Waals surface area contributed by atoms with Crippen LogP contribution in [0.4, 0.5) is 0 Å². The lowest BCUT2D eigenvalue weighted by Gasteiger charge is -2.62. The zero-order valence-electron chi connectivity index (χ0n) is 17.3. The molecule has 1 unspecified atom stereocenters. The first-order valence-electron chi connectivity index (χ1n) is 11.8. The van der Waals surface area contributed by atoms with Crippen LogP contribution in [0.5, 0.6) is 5.75 Å². The molecule has 3 nitrogen and oxygen atoms in total. The fourth-order valence-electron chi connectivity index (χ4n) is 8.95. The van der Waals surface area contributed by atoms with Crippen molar-refractivity contribution in [1.29, 1.82) is 0 Å². The van der Waals surface area contributed by atoms with Gasteiger partial charge in [0.15, 0.2) is 0 Å². The Hall–Kier alpha value is -1.06. The predicted molar refractivity (Wildman–Crippen MR) is 110 cm³/mol. The average Bonchev–Trinajstić information content (AvgIpc) is 3.28. The van der Waals surface area contributed by atoms with Crippen LogP contribution < -0.4 is 4.74 Å². The molecule has 1 atom stereocenters. The molecule has 6 aliphatic rings. The van der Waals surface area contributed by atoms with Gasteiger partial charge in [0.2, 0.25) is 0 Å². The summed E-state index contributed by atoms with van der Waals surface area (Å²) >= 11 is 0. The van der Waals surface area contributed by atoms with E-state index < -0.39 is 5.60 Å². The van der Waals surface area contributed by atoms with E-state index in [1.165, 1.54) is 76.4 Å². The number of ether oxygens (including phenoxy) is 1. The number of nitrogens with zero attached hydrogens (tertiary/aromatic N) is 1. The third kappa shape index (κ3) is 2.24. The largest absolute Gasteiger partial charge is 0.497 e. The van der Waals surface area contributed by atoms with Crippen LogP contribution in [0.25, 0.3) is 0 Å². The van der Waals surface area contributed by atoms with Crippen molar-refractivity contribution in [3.05, 3.63) is 29.8 Å². The second-order valence-electron chi connectivity index (χ2n) is 10.7. The lowest BCUT2D eigenvalue weighted by atomic mass is 9.45. The number of methoxy groups -OCH3 is 1. The van der Waals surface area contributed by atoms with E-state index in [-0.39, 0.29) is 5.54 Å². The summed E-state index contributed by atoms with van der Waals surface area (Å²) in [5, 5.41) is 13.0. The Morgan fingerprint density at radius 2 is 1.50 bits per heavy atom. The maximum Gasteiger partial charge on any atom is 0.118 e. The van der Waals surface area contributed by atoms with Gasteiger partial charge in [0.1, 0.15) is 11.4 Å². The molecular weight excluding hydrogens is 346 g/mol. The van der Waals surface area contributed by atoms with Crippen LogP contribution in [0.2, 0.25) is 0 Å².